The van der Waals surface area contributed by atoms with E-state index in [4.69, 9.17) is 0 Å². The molecule has 31 heavy (non-hydrogen) atoms. The Hall–Kier alpha value is -3.31. The van der Waals surface area contributed by atoms with Gasteiger partial charge in [-0.15, -0.1) is 0 Å². The quantitative estimate of drug-likeness (QED) is 0.396. The van der Waals surface area contributed by atoms with E-state index in [1.165, 1.54) is 21.3 Å². The fraction of sp³-hybridized carbons (Fsp3) is 0.300. The van der Waals surface area contributed by atoms with Gasteiger partial charge in [-0.3, -0.25) is 14.9 Å². The van der Waals surface area contributed by atoms with Gasteiger partial charge in [-0.05, 0) is 37.1 Å². The van der Waals surface area contributed by atoms with Crippen LogP contribution >= 0.6 is 0 Å². The van der Waals surface area contributed by atoms with Crippen LogP contribution in [0.2, 0.25) is 0 Å². The summed E-state index contributed by atoms with van der Waals surface area (Å²) in [7, 11) is -3.80. The molecule has 0 bridgehead atoms. The standard InChI is InChI=1S/C20H20N4O6S/c25-19-14-22(20(26)23(19)16-4-2-1-3-5-16)15-10-12-21(13-11-15)31(29,30)18-8-6-17(7-9-18)24(27)28/h1-9,15H,10-14H2. The molecule has 2 aliphatic heterocycles. The molecule has 0 aliphatic carbocycles. The van der Waals surface area contributed by atoms with Crippen LogP contribution in [0.25, 0.3) is 0 Å². The molecule has 11 heteroatoms. The molecule has 3 amide bonds. The summed E-state index contributed by atoms with van der Waals surface area (Å²) in [5.41, 5.74) is 0.330. The lowest BCUT2D eigenvalue weighted by atomic mass is 10.1. The first-order chi connectivity index (χ1) is 14.8. The Labute approximate surface area is 178 Å². The van der Waals surface area contributed by atoms with E-state index in [1.54, 1.807) is 30.3 Å². The SMILES string of the molecule is O=C1CN(C2CCN(S(=O)(=O)c3ccc([N+](=O)[O-])cc3)CC2)C(=O)N1c1ccccc1. The zero-order valence-corrected chi connectivity index (χ0v) is 17.3. The predicted octanol–water partition coefficient (Wildman–Crippen LogP) is 2.22. The van der Waals surface area contributed by atoms with E-state index in [-0.39, 0.29) is 42.2 Å². The summed E-state index contributed by atoms with van der Waals surface area (Å²) in [6.45, 7) is 0.341. The maximum atomic E-state index is 12.9. The third-order valence-corrected chi connectivity index (χ3v) is 7.47. The first kappa shape index (κ1) is 20.9. The van der Waals surface area contributed by atoms with Gasteiger partial charge in [-0.1, -0.05) is 18.2 Å². The molecule has 0 atom stereocenters. The fourth-order valence-corrected chi connectivity index (χ4v) is 5.39. The number of sulfonamides is 1. The van der Waals surface area contributed by atoms with Gasteiger partial charge in [0.25, 0.3) is 11.6 Å². The van der Waals surface area contributed by atoms with Gasteiger partial charge in [-0.25, -0.2) is 18.1 Å². The van der Waals surface area contributed by atoms with Crippen LogP contribution in [0.5, 0.6) is 0 Å². The Morgan fingerprint density at radius 1 is 0.935 bits per heavy atom. The number of rotatable bonds is 5. The van der Waals surface area contributed by atoms with Crippen LogP contribution in [0.15, 0.2) is 59.5 Å². The van der Waals surface area contributed by atoms with Gasteiger partial charge in [0.2, 0.25) is 10.0 Å². The van der Waals surface area contributed by atoms with Crippen molar-refractivity contribution < 1.29 is 22.9 Å². The number of hydrogen-bond donors (Lipinski definition) is 0. The molecule has 10 nitrogen and oxygen atoms in total. The fourth-order valence-electron chi connectivity index (χ4n) is 3.92. The van der Waals surface area contributed by atoms with Crippen molar-refractivity contribution in [3.8, 4) is 0 Å². The highest BCUT2D eigenvalue weighted by atomic mass is 32.2. The van der Waals surface area contributed by atoms with Crippen LogP contribution in [0.3, 0.4) is 0 Å². The lowest BCUT2D eigenvalue weighted by Gasteiger charge is -2.35. The van der Waals surface area contributed by atoms with Crippen molar-refractivity contribution in [1.29, 1.82) is 0 Å². The maximum absolute atomic E-state index is 12.9. The number of imide groups is 1. The third kappa shape index (κ3) is 3.89. The normalized spacial score (nSPS) is 18.6. The van der Waals surface area contributed by atoms with Crippen molar-refractivity contribution in [2.75, 3.05) is 24.5 Å². The summed E-state index contributed by atoms with van der Waals surface area (Å²) in [5.74, 6) is -0.308. The molecule has 0 saturated carbocycles. The Kier molecular flexibility index (Phi) is 5.46. The molecule has 0 spiro atoms. The molecule has 0 N–H and O–H groups in total. The second-order valence-corrected chi connectivity index (χ2v) is 9.30. The van der Waals surface area contributed by atoms with Crippen LogP contribution in [0, 0.1) is 10.1 Å². The molecule has 2 aromatic rings. The molecular weight excluding hydrogens is 424 g/mol. The number of amides is 3. The van der Waals surface area contributed by atoms with E-state index >= 15 is 0 Å². The number of urea groups is 1. The average molecular weight is 444 g/mol. The molecule has 0 aromatic heterocycles. The highest BCUT2D eigenvalue weighted by molar-refractivity contribution is 7.89. The smallest absolute Gasteiger partial charge is 0.312 e. The topological polar surface area (TPSA) is 121 Å². The summed E-state index contributed by atoms with van der Waals surface area (Å²) in [5, 5.41) is 10.8. The van der Waals surface area contributed by atoms with Gasteiger partial charge in [0, 0.05) is 31.3 Å². The number of hydrogen-bond acceptors (Lipinski definition) is 6. The molecule has 4 rings (SSSR count). The lowest BCUT2D eigenvalue weighted by Crippen LogP contribution is -2.48. The van der Waals surface area contributed by atoms with E-state index in [0.29, 0.717) is 18.5 Å². The number of piperidine rings is 1. The minimum atomic E-state index is -3.80. The largest absolute Gasteiger partial charge is 0.332 e. The predicted molar refractivity (Wildman–Crippen MR) is 111 cm³/mol. The van der Waals surface area contributed by atoms with E-state index < -0.39 is 21.0 Å². The molecule has 2 aliphatic rings. The maximum Gasteiger partial charge on any atom is 0.332 e. The molecular formula is C20H20N4O6S. The summed E-state index contributed by atoms with van der Waals surface area (Å²) in [6, 6.07) is 12.8. The van der Waals surface area contributed by atoms with Crippen molar-refractivity contribution in [1.82, 2.24) is 9.21 Å². The summed E-state index contributed by atoms with van der Waals surface area (Å²) in [6.07, 6.45) is 0.793. The number of nitro benzene ring substituents is 1. The number of non-ortho nitro benzene ring substituents is 1. The monoisotopic (exact) mass is 444 g/mol. The zero-order valence-electron chi connectivity index (χ0n) is 16.5. The number of nitrogens with zero attached hydrogens (tertiary/aromatic N) is 4. The highest BCUT2D eigenvalue weighted by Gasteiger charge is 2.42. The van der Waals surface area contributed by atoms with Crippen LogP contribution in [-0.2, 0) is 14.8 Å². The van der Waals surface area contributed by atoms with E-state index in [9.17, 15) is 28.1 Å². The molecule has 2 heterocycles. The van der Waals surface area contributed by atoms with Crippen molar-refractivity contribution in [2.45, 2.75) is 23.8 Å². The highest BCUT2D eigenvalue weighted by Crippen LogP contribution is 2.28. The number of benzene rings is 2. The Balaban J connectivity index is 1.43. The number of carbonyl (C=O) groups is 2. The molecule has 2 fully saturated rings. The number of anilines is 1. The number of nitro groups is 1. The van der Waals surface area contributed by atoms with E-state index in [1.807, 2.05) is 0 Å². The van der Waals surface area contributed by atoms with Crippen LogP contribution < -0.4 is 4.90 Å². The number of carbonyl (C=O) groups excluding carboxylic acids is 2. The van der Waals surface area contributed by atoms with Crippen molar-refractivity contribution in [2.24, 2.45) is 0 Å². The first-order valence-electron chi connectivity index (χ1n) is 9.72. The van der Waals surface area contributed by atoms with Crippen molar-refractivity contribution in [3.05, 3.63) is 64.7 Å². The average Bonchev–Trinajstić information content (AvgIpc) is 3.08. The molecule has 0 radical (unpaired) electrons. The molecule has 2 saturated heterocycles. The summed E-state index contributed by atoms with van der Waals surface area (Å²) < 4.78 is 27.0. The molecule has 2 aromatic carbocycles. The van der Waals surface area contributed by atoms with Gasteiger partial charge in [0.1, 0.15) is 6.54 Å². The second kappa shape index (κ2) is 8.08. The molecule has 0 unspecified atom stereocenters. The van der Waals surface area contributed by atoms with Crippen molar-refractivity contribution in [3.63, 3.8) is 0 Å². The van der Waals surface area contributed by atoms with Gasteiger partial charge in [-0.2, -0.15) is 4.31 Å². The van der Waals surface area contributed by atoms with Gasteiger partial charge >= 0.3 is 6.03 Å². The van der Waals surface area contributed by atoms with Gasteiger partial charge < -0.3 is 4.90 Å². The minimum Gasteiger partial charge on any atom is -0.312 e. The zero-order chi connectivity index (χ0) is 22.2. The van der Waals surface area contributed by atoms with Gasteiger partial charge in [0.05, 0.1) is 15.5 Å². The van der Waals surface area contributed by atoms with Crippen LogP contribution in [0.1, 0.15) is 12.8 Å². The molecule has 162 valence electrons. The second-order valence-electron chi connectivity index (χ2n) is 7.36. The summed E-state index contributed by atoms with van der Waals surface area (Å²) in [4.78, 5) is 38.1. The minimum absolute atomic E-state index is 0.0146. The van der Waals surface area contributed by atoms with Crippen LogP contribution in [0.4, 0.5) is 16.2 Å². The van der Waals surface area contributed by atoms with Gasteiger partial charge in [0.15, 0.2) is 0 Å². The first-order valence-corrected chi connectivity index (χ1v) is 11.2. The van der Waals surface area contributed by atoms with E-state index in [0.717, 1.165) is 17.0 Å². The van der Waals surface area contributed by atoms with Crippen molar-refractivity contribution >= 4 is 33.3 Å². The Morgan fingerprint density at radius 3 is 2.13 bits per heavy atom. The lowest BCUT2D eigenvalue weighted by molar-refractivity contribution is -0.384. The Bertz CT molecular complexity index is 1110. The van der Waals surface area contributed by atoms with Crippen LogP contribution in [-0.4, -0.2) is 60.2 Å². The number of para-hydroxylation sites is 1. The summed E-state index contributed by atoms with van der Waals surface area (Å²) >= 11 is 0. The van der Waals surface area contributed by atoms with E-state index in [2.05, 4.69) is 0 Å². The Morgan fingerprint density at radius 2 is 1.55 bits per heavy atom. The third-order valence-electron chi connectivity index (χ3n) is 5.56.